The van der Waals surface area contributed by atoms with Crippen LogP contribution >= 0.6 is 11.6 Å². The van der Waals surface area contributed by atoms with Gasteiger partial charge in [-0.1, -0.05) is 43.1 Å². The Morgan fingerprint density at radius 3 is 2.68 bits per heavy atom. The normalized spacial score (nSPS) is 11.9. The Bertz CT molecular complexity index is 372. The highest BCUT2D eigenvalue weighted by molar-refractivity contribution is 6.21. The molecular weight excluding hydrogens is 266 g/mol. The van der Waals surface area contributed by atoms with Crippen molar-refractivity contribution in [2.24, 2.45) is 0 Å². The summed E-state index contributed by atoms with van der Waals surface area (Å²) >= 11 is 6.07. The Hall–Kier alpha value is -1.42. The first-order chi connectivity index (χ1) is 9.15. The maximum atomic E-state index is 11.0. The average molecular weight is 285 g/mol. The third-order valence-electron chi connectivity index (χ3n) is 2.69. The molecule has 0 aromatic heterocycles. The predicted molar refractivity (Wildman–Crippen MR) is 73.2 cm³/mol. The Kier molecular flexibility index (Phi) is 7.11. The fourth-order valence-electron chi connectivity index (χ4n) is 1.62. The van der Waals surface area contributed by atoms with Gasteiger partial charge in [-0.2, -0.15) is 0 Å². The van der Waals surface area contributed by atoms with Crippen molar-refractivity contribution < 1.29 is 14.6 Å². The second-order valence-corrected chi connectivity index (χ2v) is 4.70. The van der Waals surface area contributed by atoms with Crippen LogP contribution in [0.25, 0.3) is 0 Å². The van der Waals surface area contributed by atoms with Crippen molar-refractivity contribution in [2.45, 2.75) is 31.7 Å². The van der Waals surface area contributed by atoms with Gasteiger partial charge in [-0.05, 0) is 18.6 Å². The third kappa shape index (κ3) is 5.83. The van der Waals surface area contributed by atoms with Gasteiger partial charge < -0.3 is 19.5 Å². The largest absolute Gasteiger partial charge is 0.530 e. The number of halogens is 1. The Morgan fingerprint density at radius 2 is 2.11 bits per heavy atom. The zero-order chi connectivity index (χ0) is 14.1. The average Bonchev–Trinajstić information content (AvgIpc) is 2.40. The van der Waals surface area contributed by atoms with Crippen molar-refractivity contribution in [3.05, 3.63) is 30.3 Å². The number of alkyl halides is 1. The van der Waals surface area contributed by atoms with Crippen LogP contribution in [0.3, 0.4) is 0 Å². The van der Waals surface area contributed by atoms with Gasteiger partial charge in [-0.3, -0.25) is 0 Å². The van der Waals surface area contributed by atoms with Gasteiger partial charge >= 0.3 is 0 Å². The highest BCUT2D eigenvalue weighted by atomic mass is 35.5. The van der Waals surface area contributed by atoms with E-state index < -0.39 is 11.6 Å². The van der Waals surface area contributed by atoms with Crippen molar-refractivity contribution in [3.8, 4) is 5.75 Å². The monoisotopic (exact) mass is 284 g/mol. The summed E-state index contributed by atoms with van der Waals surface area (Å²) < 4.78 is 5.49. The van der Waals surface area contributed by atoms with Crippen LogP contribution in [0, 0.1) is 0 Å². The van der Waals surface area contributed by atoms with E-state index in [4.69, 9.17) is 16.3 Å². The van der Waals surface area contributed by atoms with Crippen LogP contribution in [0.15, 0.2) is 30.3 Å². The number of ether oxygens (including phenoxy) is 1. The molecule has 4 nitrogen and oxygen atoms in total. The lowest BCUT2D eigenvalue weighted by Gasteiger charge is -2.29. The van der Waals surface area contributed by atoms with Crippen LogP contribution in [-0.4, -0.2) is 29.6 Å². The molecule has 1 rings (SSSR count). The summed E-state index contributed by atoms with van der Waals surface area (Å²) in [5, 5.41) is 11.0. The van der Waals surface area contributed by atoms with E-state index in [0.29, 0.717) is 19.6 Å². The molecule has 1 aromatic carbocycles. The maximum Gasteiger partial charge on any atom is 0.138 e. The minimum absolute atomic E-state index is 0.369. The van der Waals surface area contributed by atoms with Gasteiger partial charge in [-0.25, -0.2) is 0 Å². The quantitative estimate of drug-likeness (QED) is 0.544. The SMILES string of the molecule is CCCCN(C(=O)[O-])C(Cl)CCOc1ccccc1. The molecule has 0 heterocycles. The molecule has 0 saturated carbocycles. The van der Waals surface area contributed by atoms with Crippen LogP contribution in [-0.2, 0) is 0 Å². The predicted octanol–water partition coefficient (Wildman–Crippen LogP) is 2.47. The molecule has 0 radical (unpaired) electrons. The van der Waals surface area contributed by atoms with Crippen molar-refractivity contribution in [3.63, 3.8) is 0 Å². The standard InChI is InChI=1S/C14H20ClNO3/c1-2-3-10-16(14(17)18)13(15)9-11-19-12-7-5-4-6-8-12/h4-8,13H,2-3,9-11H2,1H3,(H,17,18)/p-1. The molecule has 5 heteroatoms. The number of unbranched alkanes of at least 4 members (excludes halogenated alkanes) is 1. The minimum atomic E-state index is -1.23. The minimum Gasteiger partial charge on any atom is -0.530 e. The second-order valence-electron chi connectivity index (χ2n) is 4.20. The van der Waals surface area contributed by atoms with Gasteiger partial charge in [0.1, 0.15) is 17.3 Å². The Labute approximate surface area is 118 Å². The number of rotatable bonds is 8. The van der Waals surface area contributed by atoms with Gasteiger partial charge in [0.05, 0.1) is 6.61 Å². The molecule has 1 unspecified atom stereocenters. The van der Waals surface area contributed by atoms with E-state index in [9.17, 15) is 9.90 Å². The van der Waals surface area contributed by atoms with Crippen molar-refractivity contribution in [1.29, 1.82) is 0 Å². The molecule has 1 amide bonds. The van der Waals surface area contributed by atoms with E-state index >= 15 is 0 Å². The molecule has 0 spiro atoms. The Morgan fingerprint density at radius 1 is 1.42 bits per heavy atom. The van der Waals surface area contributed by atoms with Gasteiger partial charge in [0.25, 0.3) is 0 Å². The van der Waals surface area contributed by atoms with Gasteiger partial charge in [0.2, 0.25) is 0 Å². The molecule has 1 aromatic rings. The highest BCUT2D eigenvalue weighted by Crippen LogP contribution is 2.13. The summed E-state index contributed by atoms with van der Waals surface area (Å²) in [5.74, 6) is 0.750. The Balaban J connectivity index is 2.35. The smallest absolute Gasteiger partial charge is 0.138 e. The molecular formula is C14H19ClNO3-. The van der Waals surface area contributed by atoms with E-state index in [1.165, 1.54) is 0 Å². The summed E-state index contributed by atoms with van der Waals surface area (Å²) in [6, 6.07) is 9.35. The van der Waals surface area contributed by atoms with Crippen LogP contribution in [0.5, 0.6) is 5.75 Å². The lowest BCUT2D eigenvalue weighted by atomic mass is 10.3. The van der Waals surface area contributed by atoms with E-state index in [2.05, 4.69) is 0 Å². The summed E-state index contributed by atoms with van der Waals surface area (Å²) in [6.45, 7) is 2.77. The molecule has 1 atom stereocenters. The van der Waals surface area contributed by atoms with Gasteiger partial charge in [0.15, 0.2) is 0 Å². The molecule has 0 bridgehead atoms. The number of hydrogen-bond acceptors (Lipinski definition) is 3. The molecule has 0 aliphatic carbocycles. The van der Waals surface area contributed by atoms with Crippen molar-refractivity contribution in [1.82, 2.24) is 4.90 Å². The summed E-state index contributed by atoms with van der Waals surface area (Å²) in [5.41, 5.74) is -0.611. The zero-order valence-corrected chi connectivity index (χ0v) is 11.8. The van der Waals surface area contributed by atoms with Gasteiger partial charge in [0, 0.05) is 13.0 Å². The number of carboxylic acid groups (broad SMARTS) is 1. The van der Waals surface area contributed by atoms with Crippen LogP contribution in [0.1, 0.15) is 26.2 Å². The number of hydrogen-bond donors (Lipinski definition) is 0. The fraction of sp³-hybridized carbons (Fsp3) is 0.500. The molecule has 106 valence electrons. The third-order valence-corrected chi connectivity index (χ3v) is 3.15. The lowest BCUT2D eigenvalue weighted by Crippen LogP contribution is -2.46. The number of carbonyl (C=O) groups is 1. The van der Waals surface area contributed by atoms with Crippen molar-refractivity contribution >= 4 is 17.7 Å². The summed E-state index contributed by atoms with van der Waals surface area (Å²) in [7, 11) is 0. The van der Waals surface area contributed by atoms with Crippen LogP contribution in [0.2, 0.25) is 0 Å². The highest BCUT2D eigenvalue weighted by Gasteiger charge is 2.15. The van der Waals surface area contributed by atoms with Crippen LogP contribution in [0.4, 0.5) is 4.79 Å². The molecule has 0 saturated heterocycles. The fourth-order valence-corrected chi connectivity index (χ4v) is 1.89. The number of para-hydroxylation sites is 1. The summed E-state index contributed by atoms with van der Waals surface area (Å²) in [6.07, 6.45) is 0.881. The second kappa shape index (κ2) is 8.64. The van der Waals surface area contributed by atoms with Gasteiger partial charge in [-0.15, -0.1) is 0 Å². The zero-order valence-electron chi connectivity index (χ0n) is 11.0. The van der Waals surface area contributed by atoms with Crippen molar-refractivity contribution in [2.75, 3.05) is 13.2 Å². The van der Waals surface area contributed by atoms with E-state index in [-0.39, 0.29) is 0 Å². The molecule has 0 aliphatic heterocycles. The molecule has 19 heavy (non-hydrogen) atoms. The molecule has 0 N–H and O–H groups in total. The summed E-state index contributed by atoms with van der Waals surface area (Å²) in [4.78, 5) is 12.1. The first kappa shape index (κ1) is 15.6. The van der Waals surface area contributed by atoms with E-state index in [1.54, 1.807) is 0 Å². The van der Waals surface area contributed by atoms with E-state index in [0.717, 1.165) is 23.5 Å². The number of benzene rings is 1. The topological polar surface area (TPSA) is 52.6 Å². The maximum absolute atomic E-state index is 11.0. The molecule has 0 fully saturated rings. The number of carbonyl (C=O) groups excluding carboxylic acids is 1. The number of nitrogens with zero attached hydrogens (tertiary/aromatic N) is 1. The first-order valence-electron chi connectivity index (χ1n) is 6.44. The lowest BCUT2D eigenvalue weighted by molar-refractivity contribution is -0.266. The first-order valence-corrected chi connectivity index (χ1v) is 6.88. The van der Waals surface area contributed by atoms with Crippen LogP contribution < -0.4 is 9.84 Å². The number of amides is 1. The van der Waals surface area contributed by atoms with E-state index in [1.807, 2.05) is 37.3 Å². The molecule has 0 aliphatic rings.